The van der Waals surface area contributed by atoms with Crippen LogP contribution in [-0.2, 0) is 4.74 Å². The molecule has 0 aliphatic carbocycles. The third kappa shape index (κ3) is 5.63. The van der Waals surface area contributed by atoms with Crippen LogP contribution in [0.15, 0.2) is 24.3 Å². The minimum Gasteiger partial charge on any atom is -0.494 e. The molecule has 1 unspecified atom stereocenters. The van der Waals surface area contributed by atoms with Gasteiger partial charge in [0.25, 0.3) is 0 Å². The maximum absolute atomic E-state index is 11.1. The van der Waals surface area contributed by atoms with Gasteiger partial charge < -0.3 is 14.8 Å². The van der Waals surface area contributed by atoms with Crippen LogP contribution in [0.3, 0.4) is 0 Å². The predicted octanol–water partition coefficient (Wildman–Crippen LogP) is 2.82. The summed E-state index contributed by atoms with van der Waals surface area (Å²) in [5, 5.41) is 2.71. The standard InChI is InChI=1S/C16H26N2O3/c1-5-18(12-11-17-16(19)20-4)13(3)14-7-9-15(10-8-14)21-6-2/h7-10,13H,5-6,11-12H2,1-4H3,(H,17,19). The van der Waals surface area contributed by atoms with E-state index in [9.17, 15) is 4.79 Å². The van der Waals surface area contributed by atoms with Gasteiger partial charge in [-0.15, -0.1) is 0 Å². The highest BCUT2D eigenvalue weighted by atomic mass is 16.5. The van der Waals surface area contributed by atoms with Crippen molar-refractivity contribution >= 4 is 6.09 Å². The third-order valence-corrected chi connectivity index (χ3v) is 3.48. The van der Waals surface area contributed by atoms with Crippen LogP contribution in [0.4, 0.5) is 4.79 Å². The number of nitrogens with one attached hydrogen (secondary N) is 1. The second kappa shape index (κ2) is 9.23. The summed E-state index contributed by atoms with van der Waals surface area (Å²) in [5.74, 6) is 0.892. The molecule has 0 saturated heterocycles. The number of ether oxygens (including phenoxy) is 2. The van der Waals surface area contributed by atoms with Crippen LogP contribution >= 0.6 is 0 Å². The molecule has 1 aromatic carbocycles. The topological polar surface area (TPSA) is 50.8 Å². The molecule has 1 rings (SSSR count). The summed E-state index contributed by atoms with van der Waals surface area (Å²) in [5.41, 5.74) is 1.23. The molecular formula is C16H26N2O3. The molecule has 118 valence electrons. The summed E-state index contributed by atoms with van der Waals surface area (Å²) in [6.07, 6.45) is -0.389. The number of nitrogens with zero attached hydrogens (tertiary/aromatic N) is 1. The molecule has 0 heterocycles. The van der Waals surface area contributed by atoms with Gasteiger partial charge in [0, 0.05) is 19.1 Å². The molecule has 0 aliphatic heterocycles. The van der Waals surface area contributed by atoms with E-state index in [-0.39, 0.29) is 12.1 Å². The molecule has 0 spiro atoms. The van der Waals surface area contributed by atoms with E-state index < -0.39 is 0 Å². The van der Waals surface area contributed by atoms with E-state index in [0.717, 1.165) is 18.8 Å². The summed E-state index contributed by atoms with van der Waals surface area (Å²) in [6.45, 7) is 9.19. The van der Waals surface area contributed by atoms with Crippen LogP contribution in [-0.4, -0.2) is 44.3 Å². The molecule has 5 nitrogen and oxygen atoms in total. The first-order chi connectivity index (χ1) is 10.1. The van der Waals surface area contributed by atoms with Crippen molar-refractivity contribution in [1.29, 1.82) is 0 Å². The Balaban J connectivity index is 2.56. The average Bonchev–Trinajstić information content (AvgIpc) is 2.51. The number of rotatable bonds is 8. The second-order valence-electron chi connectivity index (χ2n) is 4.72. The molecule has 0 aromatic heterocycles. The first kappa shape index (κ1) is 17.3. The molecular weight excluding hydrogens is 268 g/mol. The molecule has 5 heteroatoms. The van der Waals surface area contributed by atoms with Crippen molar-refractivity contribution in [2.75, 3.05) is 33.4 Å². The van der Waals surface area contributed by atoms with E-state index in [1.807, 2.05) is 19.1 Å². The lowest BCUT2D eigenvalue weighted by Crippen LogP contribution is -2.36. The molecule has 1 atom stereocenters. The van der Waals surface area contributed by atoms with Crippen molar-refractivity contribution in [3.05, 3.63) is 29.8 Å². The van der Waals surface area contributed by atoms with Crippen LogP contribution in [0.5, 0.6) is 5.75 Å². The number of methoxy groups -OCH3 is 1. The van der Waals surface area contributed by atoms with Crippen molar-refractivity contribution in [3.63, 3.8) is 0 Å². The Morgan fingerprint density at radius 1 is 1.29 bits per heavy atom. The number of hydrogen-bond donors (Lipinski definition) is 1. The fourth-order valence-corrected chi connectivity index (χ4v) is 2.22. The Bertz CT molecular complexity index is 420. The second-order valence-corrected chi connectivity index (χ2v) is 4.72. The van der Waals surface area contributed by atoms with Crippen LogP contribution in [0.25, 0.3) is 0 Å². The van der Waals surface area contributed by atoms with Gasteiger partial charge in [-0.2, -0.15) is 0 Å². The first-order valence-electron chi connectivity index (χ1n) is 7.41. The average molecular weight is 294 g/mol. The van der Waals surface area contributed by atoms with E-state index in [1.54, 1.807) is 0 Å². The van der Waals surface area contributed by atoms with Gasteiger partial charge in [0.2, 0.25) is 0 Å². The number of likely N-dealkylation sites (N-methyl/N-ethyl adjacent to an activating group) is 1. The van der Waals surface area contributed by atoms with Crippen molar-refractivity contribution in [2.24, 2.45) is 0 Å². The van der Waals surface area contributed by atoms with Crippen LogP contribution < -0.4 is 10.1 Å². The molecule has 0 aliphatic rings. The van der Waals surface area contributed by atoms with Gasteiger partial charge in [0.05, 0.1) is 13.7 Å². The molecule has 1 amide bonds. The van der Waals surface area contributed by atoms with E-state index in [4.69, 9.17) is 4.74 Å². The van der Waals surface area contributed by atoms with Gasteiger partial charge in [-0.25, -0.2) is 4.79 Å². The van der Waals surface area contributed by atoms with Crippen molar-refractivity contribution in [2.45, 2.75) is 26.8 Å². The van der Waals surface area contributed by atoms with Crippen LogP contribution in [0.2, 0.25) is 0 Å². The zero-order valence-electron chi connectivity index (χ0n) is 13.4. The summed E-state index contributed by atoms with van der Waals surface area (Å²) >= 11 is 0. The summed E-state index contributed by atoms with van der Waals surface area (Å²) < 4.78 is 10.0. The zero-order valence-corrected chi connectivity index (χ0v) is 13.4. The fraction of sp³-hybridized carbons (Fsp3) is 0.562. The lowest BCUT2D eigenvalue weighted by molar-refractivity contribution is 0.165. The van der Waals surface area contributed by atoms with Gasteiger partial charge >= 0.3 is 6.09 Å². The van der Waals surface area contributed by atoms with E-state index in [2.05, 4.69) is 40.9 Å². The highest BCUT2D eigenvalue weighted by Crippen LogP contribution is 2.22. The maximum atomic E-state index is 11.1. The monoisotopic (exact) mass is 294 g/mol. The van der Waals surface area contributed by atoms with Crippen LogP contribution in [0, 0.1) is 0 Å². The number of carbonyl (C=O) groups is 1. The molecule has 0 fully saturated rings. The van der Waals surface area contributed by atoms with Gasteiger partial charge in [-0.1, -0.05) is 19.1 Å². The SMILES string of the molecule is CCOc1ccc(C(C)N(CC)CCNC(=O)OC)cc1. The van der Waals surface area contributed by atoms with Gasteiger partial charge in [-0.3, -0.25) is 4.90 Å². The van der Waals surface area contributed by atoms with Gasteiger partial charge in [0.15, 0.2) is 0 Å². The molecule has 0 saturated carbocycles. The number of benzene rings is 1. The minimum absolute atomic E-state index is 0.283. The summed E-state index contributed by atoms with van der Waals surface area (Å²) in [4.78, 5) is 13.4. The normalized spacial score (nSPS) is 12.0. The van der Waals surface area contributed by atoms with E-state index in [1.165, 1.54) is 12.7 Å². The quantitative estimate of drug-likeness (QED) is 0.801. The molecule has 1 N–H and O–H groups in total. The number of alkyl carbamates (subject to hydrolysis) is 1. The Hall–Kier alpha value is -1.75. The smallest absolute Gasteiger partial charge is 0.406 e. The van der Waals surface area contributed by atoms with Crippen LogP contribution in [0.1, 0.15) is 32.4 Å². The van der Waals surface area contributed by atoms with Crippen molar-refractivity contribution < 1.29 is 14.3 Å². The Labute approximate surface area is 127 Å². The lowest BCUT2D eigenvalue weighted by Gasteiger charge is -2.28. The minimum atomic E-state index is -0.389. The van der Waals surface area contributed by atoms with Crippen molar-refractivity contribution in [1.82, 2.24) is 10.2 Å². The Kier molecular flexibility index (Phi) is 7.61. The largest absolute Gasteiger partial charge is 0.494 e. The van der Waals surface area contributed by atoms with E-state index in [0.29, 0.717) is 13.2 Å². The molecule has 0 bridgehead atoms. The number of amides is 1. The number of carbonyl (C=O) groups excluding carboxylic acids is 1. The molecule has 1 aromatic rings. The highest BCUT2D eigenvalue weighted by Gasteiger charge is 2.14. The molecule has 0 radical (unpaired) electrons. The Morgan fingerprint density at radius 3 is 2.48 bits per heavy atom. The first-order valence-corrected chi connectivity index (χ1v) is 7.41. The summed E-state index contributed by atoms with van der Waals surface area (Å²) in [6, 6.07) is 8.45. The van der Waals surface area contributed by atoms with Gasteiger partial charge in [-0.05, 0) is 38.1 Å². The highest BCUT2D eigenvalue weighted by molar-refractivity contribution is 5.66. The fourth-order valence-electron chi connectivity index (χ4n) is 2.22. The number of hydrogen-bond acceptors (Lipinski definition) is 4. The maximum Gasteiger partial charge on any atom is 0.406 e. The lowest BCUT2D eigenvalue weighted by atomic mass is 10.1. The van der Waals surface area contributed by atoms with Crippen molar-refractivity contribution in [3.8, 4) is 5.75 Å². The summed E-state index contributed by atoms with van der Waals surface area (Å²) in [7, 11) is 1.37. The third-order valence-electron chi connectivity index (χ3n) is 3.48. The Morgan fingerprint density at radius 2 is 1.95 bits per heavy atom. The molecule has 21 heavy (non-hydrogen) atoms. The van der Waals surface area contributed by atoms with E-state index >= 15 is 0 Å². The van der Waals surface area contributed by atoms with Gasteiger partial charge in [0.1, 0.15) is 5.75 Å². The predicted molar refractivity (Wildman–Crippen MR) is 83.7 cm³/mol. The zero-order chi connectivity index (χ0) is 15.7.